The molecule has 0 unspecified atom stereocenters. The van der Waals surface area contributed by atoms with Crippen molar-refractivity contribution >= 4 is 40.0 Å². The molecule has 172 valence electrons. The highest BCUT2D eigenvalue weighted by atomic mass is 32.1. The van der Waals surface area contributed by atoms with Crippen molar-refractivity contribution in [2.24, 2.45) is 0 Å². The number of carboxylic acids is 1. The fraction of sp³-hybridized carbons (Fsp3) is 0.409. The summed E-state index contributed by atoms with van der Waals surface area (Å²) in [6.07, 6.45) is 5.63. The Kier molecular flexibility index (Phi) is 6.05. The van der Waals surface area contributed by atoms with Crippen LogP contribution in [0, 0.1) is 6.92 Å². The fourth-order valence-corrected chi connectivity index (χ4v) is 5.10. The number of piperazine rings is 1. The maximum Gasteiger partial charge on any atom is 0.347 e. The van der Waals surface area contributed by atoms with Crippen molar-refractivity contribution in [3.63, 3.8) is 0 Å². The number of hydrogen-bond acceptors (Lipinski definition) is 10. The molecule has 33 heavy (non-hydrogen) atoms. The third kappa shape index (κ3) is 4.60. The van der Waals surface area contributed by atoms with Crippen LogP contribution in [0.25, 0.3) is 0 Å². The summed E-state index contributed by atoms with van der Waals surface area (Å²) in [4.78, 5) is 34.6. The molecule has 11 heteroatoms. The van der Waals surface area contributed by atoms with Gasteiger partial charge in [0.1, 0.15) is 16.5 Å². The van der Waals surface area contributed by atoms with E-state index in [4.69, 9.17) is 9.97 Å². The molecule has 0 spiro atoms. The highest BCUT2D eigenvalue weighted by molar-refractivity contribution is 7.17. The van der Waals surface area contributed by atoms with Gasteiger partial charge in [0.05, 0.1) is 5.69 Å². The molecule has 10 nitrogen and oxygen atoms in total. The van der Waals surface area contributed by atoms with Gasteiger partial charge in [-0.3, -0.25) is 10.3 Å². The van der Waals surface area contributed by atoms with Crippen LogP contribution in [0.5, 0.6) is 0 Å². The largest absolute Gasteiger partial charge is 0.477 e. The molecule has 5 rings (SSSR count). The minimum atomic E-state index is -0.978. The number of aromatic nitrogens is 4. The number of nitrogens with zero attached hydrogens (tertiary/aromatic N) is 6. The van der Waals surface area contributed by atoms with E-state index in [1.807, 2.05) is 12.3 Å². The van der Waals surface area contributed by atoms with E-state index in [1.165, 1.54) is 5.56 Å². The lowest BCUT2D eigenvalue weighted by molar-refractivity contribution is 0.0701. The highest BCUT2D eigenvalue weighted by Crippen LogP contribution is 2.35. The number of carbonyl (C=O) groups is 1. The SMILES string of the molecule is Cc1nc(Nc2nc(N3CCNCC3)c3c(n2)N(Cc2cccnc2)CCC3)sc1C(=O)O. The molecule has 5 heterocycles. The molecule has 2 aliphatic rings. The first-order chi connectivity index (χ1) is 16.1. The summed E-state index contributed by atoms with van der Waals surface area (Å²) >= 11 is 1.10. The van der Waals surface area contributed by atoms with Crippen LogP contribution >= 0.6 is 11.3 Å². The minimum Gasteiger partial charge on any atom is -0.477 e. The lowest BCUT2D eigenvalue weighted by Gasteiger charge is -2.35. The Hall–Kier alpha value is -3.31. The van der Waals surface area contributed by atoms with Gasteiger partial charge >= 0.3 is 5.97 Å². The van der Waals surface area contributed by atoms with E-state index in [0.717, 1.165) is 80.6 Å². The van der Waals surface area contributed by atoms with E-state index in [1.54, 1.807) is 13.1 Å². The number of carboxylic acid groups (broad SMARTS) is 1. The molecule has 0 radical (unpaired) electrons. The molecule has 0 saturated carbocycles. The van der Waals surface area contributed by atoms with Crippen molar-refractivity contribution in [2.75, 3.05) is 47.8 Å². The van der Waals surface area contributed by atoms with Crippen molar-refractivity contribution < 1.29 is 9.90 Å². The first-order valence-corrected chi connectivity index (χ1v) is 11.9. The lowest BCUT2D eigenvalue weighted by Crippen LogP contribution is -2.45. The third-order valence-corrected chi connectivity index (χ3v) is 6.90. The van der Waals surface area contributed by atoms with E-state index < -0.39 is 5.97 Å². The first kappa shape index (κ1) is 21.5. The lowest BCUT2D eigenvalue weighted by atomic mass is 10.0. The second-order valence-electron chi connectivity index (χ2n) is 8.16. The minimum absolute atomic E-state index is 0.219. The number of aromatic carboxylic acids is 1. The van der Waals surface area contributed by atoms with Crippen molar-refractivity contribution in [1.82, 2.24) is 25.3 Å². The van der Waals surface area contributed by atoms with Crippen LogP contribution in [0.15, 0.2) is 24.5 Å². The normalized spacial score (nSPS) is 15.9. The summed E-state index contributed by atoms with van der Waals surface area (Å²) in [7, 11) is 0. The van der Waals surface area contributed by atoms with Gasteiger partial charge in [0.15, 0.2) is 5.13 Å². The van der Waals surface area contributed by atoms with Crippen molar-refractivity contribution in [1.29, 1.82) is 0 Å². The molecular formula is C22H26N8O2S. The topological polar surface area (TPSA) is 119 Å². The molecule has 0 atom stereocenters. The van der Waals surface area contributed by atoms with E-state index in [9.17, 15) is 9.90 Å². The molecule has 0 aromatic carbocycles. The summed E-state index contributed by atoms with van der Waals surface area (Å²) in [6, 6.07) is 4.02. The highest BCUT2D eigenvalue weighted by Gasteiger charge is 2.27. The zero-order valence-electron chi connectivity index (χ0n) is 18.4. The summed E-state index contributed by atoms with van der Waals surface area (Å²) in [5.41, 5.74) is 2.77. The van der Waals surface area contributed by atoms with Crippen LogP contribution in [0.2, 0.25) is 0 Å². The smallest absolute Gasteiger partial charge is 0.347 e. The van der Waals surface area contributed by atoms with Gasteiger partial charge in [0.2, 0.25) is 5.95 Å². The van der Waals surface area contributed by atoms with Gasteiger partial charge in [-0.1, -0.05) is 17.4 Å². The molecule has 0 amide bonds. The Morgan fingerprint density at radius 1 is 1.21 bits per heavy atom. The number of hydrogen-bond donors (Lipinski definition) is 3. The number of anilines is 4. The number of fused-ring (bicyclic) bond motifs is 1. The molecule has 3 aromatic rings. The fourth-order valence-electron chi connectivity index (χ4n) is 4.30. The zero-order chi connectivity index (χ0) is 22.8. The van der Waals surface area contributed by atoms with Crippen LogP contribution in [-0.4, -0.2) is 63.7 Å². The Labute approximate surface area is 195 Å². The van der Waals surface area contributed by atoms with Crippen molar-refractivity contribution in [3.8, 4) is 0 Å². The van der Waals surface area contributed by atoms with Crippen LogP contribution < -0.4 is 20.4 Å². The molecule has 3 N–H and O–H groups in total. The Balaban J connectivity index is 1.53. The standard InChI is InChI=1S/C22H26N8O2S/c1-14-17(20(31)32)33-22(25-14)28-21-26-18(29-10-7-23-8-11-29)16-5-3-9-30(19(16)27-21)13-15-4-2-6-24-12-15/h2,4,6,12,23H,3,5,7-11,13H2,1H3,(H,31,32)(H,25,26,27,28). The van der Waals surface area contributed by atoms with Gasteiger partial charge < -0.3 is 20.2 Å². The van der Waals surface area contributed by atoms with Gasteiger partial charge in [-0.05, 0) is 31.4 Å². The molecule has 1 fully saturated rings. The van der Waals surface area contributed by atoms with Crippen LogP contribution in [0.1, 0.15) is 32.9 Å². The first-order valence-electron chi connectivity index (χ1n) is 11.1. The number of pyridine rings is 1. The van der Waals surface area contributed by atoms with Gasteiger partial charge in [-0.15, -0.1) is 0 Å². The summed E-state index contributed by atoms with van der Waals surface area (Å²) in [5.74, 6) is 1.33. The number of aryl methyl sites for hydroxylation is 1. The van der Waals surface area contributed by atoms with Crippen LogP contribution in [-0.2, 0) is 13.0 Å². The second-order valence-corrected chi connectivity index (χ2v) is 9.16. The maximum absolute atomic E-state index is 11.4. The predicted octanol–water partition coefficient (Wildman–Crippen LogP) is 2.44. The van der Waals surface area contributed by atoms with Crippen molar-refractivity contribution in [3.05, 3.63) is 46.2 Å². The van der Waals surface area contributed by atoms with E-state index in [-0.39, 0.29) is 4.88 Å². The Morgan fingerprint density at radius 3 is 2.76 bits per heavy atom. The van der Waals surface area contributed by atoms with Gasteiger partial charge in [-0.25, -0.2) is 9.78 Å². The molecule has 3 aromatic heterocycles. The molecule has 2 aliphatic heterocycles. The number of rotatable bonds is 6. The van der Waals surface area contributed by atoms with Gasteiger partial charge in [0, 0.05) is 57.2 Å². The third-order valence-electron chi connectivity index (χ3n) is 5.84. The zero-order valence-corrected chi connectivity index (χ0v) is 19.2. The van der Waals surface area contributed by atoms with E-state index in [2.05, 4.69) is 36.5 Å². The Bertz CT molecular complexity index is 1150. The monoisotopic (exact) mass is 466 g/mol. The summed E-state index contributed by atoms with van der Waals surface area (Å²) in [5, 5.41) is 16.4. The number of nitrogens with one attached hydrogen (secondary N) is 2. The summed E-state index contributed by atoms with van der Waals surface area (Å²) < 4.78 is 0. The van der Waals surface area contributed by atoms with Gasteiger partial charge in [0.25, 0.3) is 0 Å². The van der Waals surface area contributed by atoms with Crippen LogP contribution in [0.3, 0.4) is 0 Å². The number of thiazole rings is 1. The molecule has 1 saturated heterocycles. The average molecular weight is 467 g/mol. The molecule has 0 bridgehead atoms. The predicted molar refractivity (Wildman–Crippen MR) is 128 cm³/mol. The van der Waals surface area contributed by atoms with Crippen LogP contribution in [0.4, 0.5) is 22.7 Å². The molecule has 0 aliphatic carbocycles. The Morgan fingerprint density at radius 2 is 2.03 bits per heavy atom. The summed E-state index contributed by atoms with van der Waals surface area (Å²) in [6.45, 7) is 6.90. The maximum atomic E-state index is 11.4. The molecular weight excluding hydrogens is 440 g/mol. The van der Waals surface area contributed by atoms with E-state index in [0.29, 0.717) is 16.8 Å². The van der Waals surface area contributed by atoms with Gasteiger partial charge in [-0.2, -0.15) is 9.97 Å². The van der Waals surface area contributed by atoms with Crippen molar-refractivity contribution in [2.45, 2.75) is 26.3 Å². The second kappa shape index (κ2) is 9.28. The average Bonchev–Trinajstić information content (AvgIpc) is 3.20. The quantitative estimate of drug-likeness (QED) is 0.500. The van der Waals surface area contributed by atoms with E-state index >= 15 is 0 Å².